The highest BCUT2D eigenvalue weighted by atomic mass is 16.5. The second-order valence-electron chi connectivity index (χ2n) is 7.29. The highest BCUT2D eigenvalue weighted by molar-refractivity contribution is 5.97. The fourth-order valence-electron chi connectivity index (χ4n) is 3.56. The highest BCUT2D eigenvalue weighted by Gasteiger charge is 2.23. The number of benzene rings is 1. The summed E-state index contributed by atoms with van der Waals surface area (Å²) in [5, 5.41) is 12.2. The van der Waals surface area contributed by atoms with Crippen LogP contribution in [-0.4, -0.2) is 72.8 Å². The maximum atomic E-state index is 12.8. The predicted molar refractivity (Wildman–Crippen MR) is 103 cm³/mol. The van der Waals surface area contributed by atoms with Crippen LogP contribution >= 0.6 is 0 Å². The fraction of sp³-hybridized carbons (Fsp3) is 0.600. The zero-order chi connectivity index (χ0) is 19.1. The molecule has 3 amide bonds. The number of aliphatic hydroxyl groups is 1. The molecule has 0 saturated carbocycles. The number of ether oxygens (including phenoxy) is 1. The number of anilines is 1. The van der Waals surface area contributed by atoms with Gasteiger partial charge in [0.15, 0.2) is 0 Å². The van der Waals surface area contributed by atoms with Crippen LogP contribution in [0.1, 0.15) is 36.0 Å². The number of hydrogen-bond donors (Lipinski definition) is 2. The molecule has 7 nitrogen and oxygen atoms in total. The van der Waals surface area contributed by atoms with Crippen molar-refractivity contribution in [2.45, 2.75) is 25.7 Å². The number of nitrogens with zero attached hydrogens (tertiary/aromatic N) is 2. The zero-order valence-corrected chi connectivity index (χ0v) is 15.7. The van der Waals surface area contributed by atoms with Crippen molar-refractivity contribution in [2.24, 2.45) is 5.92 Å². The lowest BCUT2D eigenvalue weighted by Crippen LogP contribution is -2.39. The number of hydrogen-bond acceptors (Lipinski definition) is 4. The Hall–Kier alpha value is -2.12. The van der Waals surface area contributed by atoms with Crippen molar-refractivity contribution < 1.29 is 19.4 Å². The van der Waals surface area contributed by atoms with Gasteiger partial charge in [-0.25, -0.2) is 4.79 Å². The van der Waals surface area contributed by atoms with Crippen LogP contribution in [0, 0.1) is 5.92 Å². The summed E-state index contributed by atoms with van der Waals surface area (Å²) in [7, 11) is 0. The largest absolute Gasteiger partial charge is 0.396 e. The van der Waals surface area contributed by atoms with E-state index in [1.165, 1.54) is 12.8 Å². The Bertz CT molecular complexity index is 644. The molecule has 1 aromatic rings. The van der Waals surface area contributed by atoms with E-state index in [1.807, 2.05) is 4.90 Å². The minimum absolute atomic E-state index is 0.0103. The van der Waals surface area contributed by atoms with Crippen molar-refractivity contribution in [2.75, 3.05) is 51.3 Å². The van der Waals surface area contributed by atoms with Crippen LogP contribution in [0.15, 0.2) is 24.3 Å². The van der Waals surface area contributed by atoms with Crippen LogP contribution in [-0.2, 0) is 4.74 Å². The van der Waals surface area contributed by atoms with E-state index < -0.39 is 0 Å². The molecule has 1 aromatic carbocycles. The normalized spacial score (nSPS) is 21.3. The number of nitrogens with one attached hydrogen (secondary N) is 1. The minimum Gasteiger partial charge on any atom is -0.396 e. The molecule has 2 saturated heterocycles. The molecule has 1 unspecified atom stereocenters. The molecule has 27 heavy (non-hydrogen) atoms. The van der Waals surface area contributed by atoms with Crippen LogP contribution in [0.25, 0.3) is 0 Å². The lowest BCUT2D eigenvalue weighted by atomic mass is 10.1. The molecule has 1 atom stereocenters. The maximum absolute atomic E-state index is 12.8. The van der Waals surface area contributed by atoms with Crippen LogP contribution < -0.4 is 5.32 Å². The van der Waals surface area contributed by atoms with Crippen LogP contribution in [0.5, 0.6) is 0 Å². The van der Waals surface area contributed by atoms with Gasteiger partial charge in [0.05, 0.1) is 13.2 Å². The summed E-state index contributed by atoms with van der Waals surface area (Å²) in [6.45, 7) is 3.43. The monoisotopic (exact) mass is 375 g/mol. The van der Waals surface area contributed by atoms with Gasteiger partial charge in [-0.1, -0.05) is 18.9 Å². The van der Waals surface area contributed by atoms with E-state index in [1.54, 1.807) is 29.2 Å². The van der Waals surface area contributed by atoms with Gasteiger partial charge >= 0.3 is 6.03 Å². The molecule has 0 radical (unpaired) electrons. The lowest BCUT2D eigenvalue weighted by Gasteiger charge is -2.23. The summed E-state index contributed by atoms with van der Waals surface area (Å²) in [5.41, 5.74) is 1.20. The van der Waals surface area contributed by atoms with E-state index in [2.05, 4.69) is 5.32 Å². The van der Waals surface area contributed by atoms with Crippen molar-refractivity contribution >= 4 is 17.6 Å². The minimum atomic E-state index is -0.238. The second kappa shape index (κ2) is 9.71. The Morgan fingerprint density at radius 3 is 2.63 bits per heavy atom. The quantitative estimate of drug-likeness (QED) is 0.848. The first-order valence-electron chi connectivity index (χ1n) is 9.81. The van der Waals surface area contributed by atoms with Crippen molar-refractivity contribution in [3.63, 3.8) is 0 Å². The zero-order valence-electron chi connectivity index (χ0n) is 15.7. The topological polar surface area (TPSA) is 82.1 Å². The van der Waals surface area contributed by atoms with Gasteiger partial charge in [-0.2, -0.15) is 0 Å². The fourth-order valence-corrected chi connectivity index (χ4v) is 3.56. The van der Waals surface area contributed by atoms with Crippen LogP contribution in [0.2, 0.25) is 0 Å². The third-order valence-electron chi connectivity index (χ3n) is 5.14. The summed E-state index contributed by atoms with van der Waals surface area (Å²) in [6.07, 6.45) is 4.44. The van der Waals surface area contributed by atoms with Gasteiger partial charge in [-0.3, -0.25) is 4.79 Å². The van der Waals surface area contributed by atoms with E-state index in [0.29, 0.717) is 37.6 Å². The van der Waals surface area contributed by atoms with Crippen LogP contribution in [0.3, 0.4) is 0 Å². The number of urea groups is 1. The predicted octanol–water partition coefficient (Wildman–Crippen LogP) is 2.18. The van der Waals surface area contributed by atoms with Crippen molar-refractivity contribution in [1.29, 1.82) is 0 Å². The average molecular weight is 375 g/mol. The molecule has 0 spiro atoms. The standard InChI is InChI=1S/C20H29N3O4/c24-14-16-13-23(10-11-27-15-16)20(26)21-18-7-5-6-17(12-18)19(25)22-8-3-1-2-4-9-22/h5-7,12,16,24H,1-4,8-11,13-15H2,(H,21,26). The van der Waals surface area contributed by atoms with E-state index >= 15 is 0 Å². The molecular weight excluding hydrogens is 346 g/mol. The Morgan fingerprint density at radius 2 is 1.89 bits per heavy atom. The molecule has 0 bridgehead atoms. The summed E-state index contributed by atoms with van der Waals surface area (Å²) >= 11 is 0. The van der Waals surface area contributed by atoms with Gasteiger partial charge in [0, 0.05) is 50.0 Å². The van der Waals surface area contributed by atoms with Crippen molar-refractivity contribution in [3.05, 3.63) is 29.8 Å². The van der Waals surface area contributed by atoms with Crippen LogP contribution in [0.4, 0.5) is 10.5 Å². The smallest absolute Gasteiger partial charge is 0.321 e. The molecule has 2 aliphatic heterocycles. The van der Waals surface area contributed by atoms with E-state index in [-0.39, 0.29) is 24.5 Å². The third kappa shape index (κ3) is 5.43. The van der Waals surface area contributed by atoms with Gasteiger partial charge in [-0.15, -0.1) is 0 Å². The van der Waals surface area contributed by atoms with E-state index in [0.717, 1.165) is 25.9 Å². The summed E-state index contributed by atoms with van der Waals surface area (Å²) in [4.78, 5) is 28.9. The maximum Gasteiger partial charge on any atom is 0.321 e. The number of amides is 3. The number of carbonyl (C=O) groups excluding carboxylic acids is 2. The molecule has 3 rings (SSSR count). The first-order valence-corrected chi connectivity index (χ1v) is 9.81. The molecule has 148 valence electrons. The number of rotatable bonds is 3. The molecule has 2 heterocycles. The molecule has 0 aromatic heterocycles. The Balaban J connectivity index is 1.64. The van der Waals surface area contributed by atoms with E-state index in [4.69, 9.17) is 4.74 Å². The van der Waals surface area contributed by atoms with Gasteiger partial charge in [-0.05, 0) is 31.0 Å². The second-order valence-corrected chi connectivity index (χ2v) is 7.29. The average Bonchev–Trinajstić information content (AvgIpc) is 3.10. The SMILES string of the molecule is O=C(Nc1cccc(C(=O)N2CCCCCC2)c1)N1CCOCC(CO)C1. The Morgan fingerprint density at radius 1 is 1.11 bits per heavy atom. The van der Waals surface area contributed by atoms with Gasteiger partial charge in [0.2, 0.25) is 0 Å². The first kappa shape index (κ1) is 19.6. The van der Waals surface area contributed by atoms with Crippen molar-refractivity contribution in [1.82, 2.24) is 9.80 Å². The summed E-state index contributed by atoms with van der Waals surface area (Å²) < 4.78 is 5.42. The highest BCUT2D eigenvalue weighted by Crippen LogP contribution is 2.17. The Kier molecular flexibility index (Phi) is 7.06. The molecular formula is C20H29N3O4. The third-order valence-corrected chi connectivity index (χ3v) is 5.14. The van der Waals surface area contributed by atoms with Crippen molar-refractivity contribution in [3.8, 4) is 0 Å². The number of aliphatic hydroxyl groups excluding tert-OH is 1. The molecule has 2 aliphatic rings. The number of carbonyl (C=O) groups is 2. The summed E-state index contributed by atoms with van der Waals surface area (Å²) in [5.74, 6) is -0.0503. The van der Waals surface area contributed by atoms with E-state index in [9.17, 15) is 14.7 Å². The first-order chi connectivity index (χ1) is 13.2. The van der Waals surface area contributed by atoms with Gasteiger partial charge < -0.3 is 25.0 Å². The van der Waals surface area contributed by atoms with Gasteiger partial charge in [0.25, 0.3) is 5.91 Å². The Labute approximate surface area is 160 Å². The van der Waals surface area contributed by atoms with Gasteiger partial charge in [0.1, 0.15) is 0 Å². The molecule has 2 N–H and O–H groups in total. The number of likely N-dealkylation sites (tertiary alicyclic amines) is 1. The molecule has 0 aliphatic carbocycles. The molecule has 2 fully saturated rings. The molecule has 7 heteroatoms. The summed E-state index contributed by atoms with van der Waals surface area (Å²) in [6, 6.07) is 6.88. The lowest BCUT2D eigenvalue weighted by molar-refractivity contribution is 0.0761.